The number of nitrogens with zero attached hydrogens (tertiary/aromatic N) is 2. The number of anilines is 2. The van der Waals surface area contributed by atoms with Crippen molar-refractivity contribution in [1.82, 2.24) is 15.3 Å². The van der Waals surface area contributed by atoms with Crippen LogP contribution in [0.4, 0.5) is 16.0 Å². The average molecular weight is 380 g/mol. The van der Waals surface area contributed by atoms with Crippen molar-refractivity contribution in [3.63, 3.8) is 0 Å². The molecule has 1 amide bonds. The van der Waals surface area contributed by atoms with Gasteiger partial charge in [-0.3, -0.25) is 4.79 Å². The maximum absolute atomic E-state index is 13.6. The third-order valence-corrected chi connectivity index (χ3v) is 4.15. The van der Waals surface area contributed by atoms with Crippen LogP contribution in [0.5, 0.6) is 11.5 Å². The lowest BCUT2D eigenvalue weighted by molar-refractivity contribution is 0.0949. The van der Waals surface area contributed by atoms with Crippen molar-refractivity contribution in [3.8, 4) is 11.5 Å². The molecule has 7 nitrogen and oxygen atoms in total. The van der Waals surface area contributed by atoms with Crippen LogP contribution in [0.3, 0.4) is 0 Å². The molecule has 1 aliphatic rings. The summed E-state index contributed by atoms with van der Waals surface area (Å²) in [6.07, 6.45) is 1.89. The maximum atomic E-state index is 13.6. The number of halogens is 1. The molecule has 0 bridgehead atoms. The zero-order chi connectivity index (χ0) is 19.3. The molecule has 8 heteroatoms. The second-order valence-electron chi connectivity index (χ2n) is 6.06. The van der Waals surface area contributed by atoms with Crippen molar-refractivity contribution in [3.05, 3.63) is 71.8 Å². The Morgan fingerprint density at radius 2 is 1.96 bits per heavy atom. The van der Waals surface area contributed by atoms with Gasteiger partial charge >= 0.3 is 0 Å². The quantitative estimate of drug-likeness (QED) is 0.684. The molecule has 1 aliphatic heterocycles. The van der Waals surface area contributed by atoms with Crippen molar-refractivity contribution in [1.29, 1.82) is 0 Å². The highest BCUT2D eigenvalue weighted by molar-refractivity contribution is 5.92. The first-order valence-electron chi connectivity index (χ1n) is 8.70. The largest absolute Gasteiger partial charge is 0.454 e. The Hall–Kier alpha value is -3.68. The molecule has 28 heavy (non-hydrogen) atoms. The monoisotopic (exact) mass is 380 g/mol. The number of ether oxygens (including phenoxy) is 2. The average Bonchev–Trinajstić information content (AvgIpc) is 3.17. The number of aromatic nitrogens is 2. The number of fused-ring (bicyclic) bond motifs is 1. The highest BCUT2D eigenvalue weighted by Crippen LogP contribution is 2.34. The molecule has 0 aliphatic carbocycles. The number of hydrogen-bond acceptors (Lipinski definition) is 6. The van der Waals surface area contributed by atoms with E-state index in [1.54, 1.807) is 36.4 Å². The summed E-state index contributed by atoms with van der Waals surface area (Å²) in [6, 6.07) is 13.4. The molecule has 0 spiro atoms. The lowest BCUT2D eigenvalue weighted by Gasteiger charge is -2.08. The number of carbonyl (C=O) groups is 1. The molecule has 0 unspecified atom stereocenters. The van der Waals surface area contributed by atoms with Gasteiger partial charge in [-0.25, -0.2) is 14.4 Å². The summed E-state index contributed by atoms with van der Waals surface area (Å²) < 4.78 is 24.2. The Kier molecular flexibility index (Phi) is 5.01. The third kappa shape index (κ3) is 4.01. The minimum Gasteiger partial charge on any atom is -0.454 e. The van der Waals surface area contributed by atoms with Gasteiger partial charge in [-0.05, 0) is 36.2 Å². The Morgan fingerprint density at radius 3 is 2.86 bits per heavy atom. The van der Waals surface area contributed by atoms with E-state index in [0.717, 1.165) is 0 Å². The van der Waals surface area contributed by atoms with Crippen LogP contribution < -0.4 is 20.1 Å². The number of nitrogens with one attached hydrogen (secondary N) is 2. The minimum absolute atomic E-state index is 0.192. The van der Waals surface area contributed by atoms with Crippen LogP contribution in [0, 0.1) is 5.82 Å². The van der Waals surface area contributed by atoms with E-state index in [9.17, 15) is 9.18 Å². The SMILES string of the molecule is O=C(NCCc1ccccc1F)c1ccnc(Nc2ccc3c(c2)OCO3)n1. The van der Waals surface area contributed by atoms with Crippen LogP contribution in [0.2, 0.25) is 0 Å². The second kappa shape index (κ2) is 7.91. The Bertz CT molecular complexity index is 1010. The third-order valence-electron chi connectivity index (χ3n) is 4.15. The number of hydrogen-bond donors (Lipinski definition) is 2. The molecule has 1 aromatic heterocycles. The normalized spacial score (nSPS) is 11.9. The molecule has 2 N–H and O–H groups in total. The summed E-state index contributed by atoms with van der Waals surface area (Å²) >= 11 is 0. The molecule has 2 heterocycles. The zero-order valence-electron chi connectivity index (χ0n) is 14.8. The van der Waals surface area contributed by atoms with E-state index in [2.05, 4.69) is 20.6 Å². The molecule has 3 aromatic rings. The first-order chi connectivity index (χ1) is 13.7. The van der Waals surface area contributed by atoms with Crippen molar-refractivity contribution in [2.24, 2.45) is 0 Å². The molecule has 4 rings (SSSR count). The molecule has 0 atom stereocenters. The topological polar surface area (TPSA) is 85.4 Å². The predicted octanol–water partition coefficient (Wildman–Crippen LogP) is 3.06. The fourth-order valence-electron chi connectivity index (χ4n) is 2.75. The lowest BCUT2D eigenvalue weighted by atomic mass is 10.1. The van der Waals surface area contributed by atoms with Gasteiger partial charge in [0.1, 0.15) is 11.5 Å². The van der Waals surface area contributed by atoms with Gasteiger partial charge < -0.3 is 20.1 Å². The summed E-state index contributed by atoms with van der Waals surface area (Å²) in [7, 11) is 0. The van der Waals surface area contributed by atoms with Crippen LogP contribution in [-0.4, -0.2) is 29.2 Å². The van der Waals surface area contributed by atoms with Crippen molar-refractivity contribution in [2.45, 2.75) is 6.42 Å². The van der Waals surface area contributed by atoms with Crippen molar-refractivity contribution in [2.75, 3.05) is 18.7 Å². The predicted molar refractivity (Wildman–Crippen MR) is 100 cm³/mol. The highest BCUT2D eigenvalue weighted by atomic mass is 19.1. The highest BCUT2D eigenvalue weighted by Gasteiger charge is 2.14. The molecule has 0 saturated heterocycles. The number of rotatable bonds is 6. The molecule has 2 aromatic carbocycles. The van der Waals surface area contributed by atoms with Gasteiger partial charge in [0.2, 0.25) is 12.7 Å². The Labute approximate surface area is 160 Å². The van der Waals surface area contributed by atoms with Crippen LogP contribution in [0.1, 0.15) is 16.1 Å². The van der Waals surface area contributed by atoms with Crippen molar-refractivity contribution < 1.29 is 18.7 Å². The van der Waals surface area contributed by atoms with E-state index >= 15 is 0 Å². The fraction of sp³-hybridized carbons (Fsp3) is 0.150. The van der Waals surface area contributed by atoms with E-state index in [0.29, 0.717) is 35.7 Å². The first kappa shape index (κ1) is 17.7. The fourth-order valence-corrected chi connectivity index (χ4v) is 2.75. The van der Waals surface area contributed by atoms with Gasteiger partial charge in [-0.2, -0.15) is 0 Å². The van der Waals surface area contributed by atoms with Crippen LogP contribution in [-0.2, 0) is 6.42 Å². The van der Waals surface area contributed by atoms with E-state index in [-0.39, 0.29) is 30.2 Å². The molecule has 0 radical (unpaired) electrons. The smallest absolute Gasteiger partial charge is 0.270 e. The van der Waals surface area contributed by atoms with Crippen molar-refractivity contribution >= 4 is 17.5 Å². The van der Waals surface area contributed by atoms with Gasteiger partial charge in [-0.15, -0.1) is 0 Å². The van der Waals surface area contributed by atoms with Crippen LogP contribution in [0.25, 0.3) is 0 Å². The summed E-state index contributed by atoms with van der Waals surface area (Å²) in [6.45, 7) is 0.493. The Balaban J connectivity index is 1.37. The summed E-state index contributed by atoms with van der Waals surface area (Å²) in [5, 5.41) is 5.77. The van der Waals surface area contributed by atoms with E-state index in [4.69, 9.17) is 9.47 Å². The van der Waals surface area contributed by atoms with E-state index < -0.39 is 0 Å². The number of carbonyl (C=O) groups excluding carboxylic acids is 1. The van der Waals surface area contributed by atoms with Crippen LogP contribution in [0.15, 0.2) is 54.7 Å². The first-order valence-corrected chi connectivity index (χ1v) is 8.70. The van der Waals surface area contributed by atoms with Gasteiger partial charge in [-0.1, -0.05) is 18.2 Å². The van der Waals surface area contributed by atoms with Gasteiger partial charge in [0.05, 0.1) is 0 Å². The van der Waals surface area contributed by atoms with Gasteiger partial charge in [0.25, 0.3) is 5.91 Å². The number of amides is 1. The summed E-state index contributed by atoms with van der Waals surface area (Å²) in [5.74, 6) is 0.948. The van der Waals surface area contributed by atoms with E-state index in [1.165, 1.54) is 18.3 Å². The molecule has 0 fully saturated rings. The second-order valence-corrected chi connectivity index (χ2v) is 6.06. The summed E-state index contributed by atoms with van der Waals surface area (Å²) in [4.78, 5) is 20.7. The molecular weight excluding hydrogens is 363 g/mol. The minimum atomic E-state index is -0.354. The Morgan fingerprint density at radius 1 is 1.11 bits per heavy atom. The van der Waals surface area contributed by atoms with E-state index in [1.807, 2.05) is 0 Å². The maximum Gasteiger partial charge on any atom is 0.270 e. The van der Waals surface area contributed by atoms with Gasteiger partial charge in [0.15, 0.2) is 11.5 Å². The standard InChI is InChI=1S/C20H17FN4O3/c21-15-4-2-1-3-13(15)7-9-22-19(26)16-8-10-23-20(25-16)24-14-5-6-17-18(11-14)28-12-27-17/h1-6,8,10-11H,7,9,12H2,(H,22,26)(H,23,24,25). The lowest BCUT2D eigenvalue weighted by Crippen LogP contribution is -2.27. The zero-order valence-corrected chi connectivity index (χ0v) is 14.8. The van der Waals surface area contributed by atoms with Crippen LogP contribution >= 0.6 is 0 Å². The molecule has 142 valence electrons. The van der Waals surface area contributed by atoms with Gasteiger partial charge in [0, 0.05) is 24.5 Å². The molecular formula is C20H17FN4O3. The number of benzene rings is 2. The summed E-state index contributed by atoms with van der Waals surface area (Å²) in [5.41, 5.74) is 1.48. The molecule has 0 saturated carbocycles.